The molecule has 1 unspecified atom stereocenters. The van der Waals surface area contributed by atoms with Crippen molar-refractivity contribution in [2.45, 2.75) is 47.1 Å². The number of hydrogen-bond donors (Lipinski definition) is 0. The minimum absolute atomic E-state index is 0.0174. The average molecular weight is 193 g/mol. The molecule has 1 aliphatic rings. The summed E-state index contributed by atoms with van der Waals surface area (Å²) in [5, 5.41) is 8.56. The highest BCUT2D eigenvalue weighted by Crippen LogP contribution is 2.43. The number of azo groups is 1. The lowest BCUT2D eigenvalue weighted by atomic mass is 9.74. The van der Waals surface area contributed by atoms with E-state index in [1.807, 2.05) is 0 Å². The Bertz CT molecular complexity index is 286. The summed E-state index contributed by atoms with van der Waals surface area (Å²) in [6.07, 6.45) is 2.10. The highest BCUT2D eigenvalue weighted by molar-refractivity contribution is 5.26. The van der Waals surface area contributed by atoms with Crippen molar-refractivity contribution in [1.29, 1.82) is 0 Å². The highest BCUT2D eigenvalue weighted by Gasteiger charge is 2.40. The molecule has 1 heterocycles. The summed E-state index contributed by atoms with van der Waals surface area (Å²) in [5.41, 5.74) is 0.732. The molecule has 14 heavy (non-hydrogen) atoms. The average Bonchev–Trinajstić information content (AvgIpc) is 2.29. The smallest absolute Gasteiger partial charge is 0.107 e. The molecule has 0 bridgehead atoms. The molecule has 0 aromatic carbocycles. The summed E-state index contributed by atoms with van der Waals surface area (Å²) in [6, 6.07) is 0. The molecule has 0 amide bonds. The third-order valence-electron chi connectivity index (χ3n) is 2.78. The first kappa shape index (κ1) is 11.4. The summed E-state index contributed by atoms with van der Waals surface area (Å²) in [4.78, 5) is 0. The van der Waals surface area contributed by atoms with E-state index >= 15 is 0 Å². The van der Waals surface area contributed by atoms with E-state index in [2.05, 4.69) is 64.8 Å². The first-order chi connectivity index (χ1) is 6.06. The molecule has 0 saturated heterocycles. The third-order valence-corrected chi connectivity index (χ3v) is 2.78. The van der Waals surface area contributed by atoms with Crippen LogP contribution < -0.4 is 0 Å². The summed E-state index contributed by atoms with van der Waals surface area (Å²) in [5.74, 6) is 0. The van der Waals surface area contributed by atoms with Gasteiger partial charge in [0.15, 0.2) is 0 Å². The Hall–Kier alpha value is -0.660. The van der Waals surface area contributed by atoms with Crippen molar-refractivity contribution in [2.24, 2.45) is 21.1 Å². The van der Waals surface area contributed by atoms with E-state index in [-0.39, 0.29) is 10.8 Å². The van der Waals surface area contributed by atoms with Gasteiger partial charge in [-0.3, -0.25) is 0 Å². The van der Waals surface area contributed by atoms with Crippen LogP contribution in [0.3, 0.4) is 0 Å². The molecule has 0 aromatic heterocycles. The summed E-state index contributed by atoms with van der Waals surface area (Å²) in [7, 11) is 0. The van der Waals surface area contributed by atoms with Gasteiger partial charge >= 0.3 is 0 Å². The van der Waals surface area contributed by atoms with Gasteiger partial charge in [0.05, 0.1) is 5.70 Å². The van der Waals surface area contributed by atoms with E-state index in [1.165, 1.54) is 0 Å². The van der Waals surface area contributed by atoms with Crippen LogP contribution in [0, 0.1) is 17.8 Å². The van der Waals surface area contributed by atoms with E-state index in [9.17, 15) is 0 Å². The van der Waals surface area contributed by atoms with E-state index in [4.69, 9.17) is 0 Å². The Balaban J connectivity index is 3.04. The van der Waals surface area contributed by atoms with Crippen molar-refractivity contribution in [3.8, 4) is 0 Å². The quantitative estimate of drug-likeness (QED) is 0.555. The Labute approximate surface area is 87.5 Å². The van der Waals surface area contributed by atoms with E-state index in [0.717, 1.165) is 5.70 Å². The molecule has 0 saturated carbocycles. The lowest BCUT2D eigenvalue weighted by Crippen LogP contribution is -2.35. The van der Waals surface area contributed by atoms with E-state index in [1.54, 1.807) is 0 Å². The second-order valence-corrected chi connectivity index (χ2v) is 6.15. The van der Waals surface area contributed by atoms with E-state index in [0.29, 0.717) is 0 Å². The zero-order valence-corrected chi connectivity index (χ0v) is 10.2. The summed E-state index contributed by atoms with van der Waals surface area (Å²) >= 11 is 0. The van der Waals surface area contributed by atoms with Gasteiger partial charge in [-0.15, -0.1) is 0 Å². The van der Waals surface area contributed by atoms with Gasteiger partial charge in [-0.05, 0) is 18.4 Å². The summed E-state index contributed by atoms with van der Waals surface area (Å²) < 4.78 is 0. The van der Waals surface area contributed by atoms with Crippen LogP contribution in [0.25, 0.3) is 0 Å². The first-order valence-corrected chi connectivity index (χ1v) is 5.08. The molecule has 1 aliphatic heterocycles. The molecule has 0 aliphatic carbocycles. The maximum Gasteiger partial charge on any atom is 0.107 e. The van der Waals surface area contributed by atoms with Gasteiger partial charge < -0.3 is 0 Å². The normalized spacial score (nSPS) is 28.1. The van der Waals surface area contributed by atoms with Crippen LogP contribution in [-0.2, 0) is 0 Å². The molecule has 79 valence electrons. The maximum atomic E-state index is 4.31. The van der Waals surface area contributed by atoms with Gasteiger partial charge in [0.25, 0.3) is 0 Å². The lowest BCUT2D eigenvalue weighted by Gasteiger charge is -2.32. The van der Waals surface area contributed by atoms with Crippen molar-refractivity contribution < 1.29 is 0 Å². The van der Waals surface area contributed by atoms with Crippen LogP contribution >= 0.6 is 0 Å². The minimum atomic E-state index is -0.393. The fourth-order valence-electron chi connectivity index (χ4n) is 1.16. The van der Waals surface area contributed by atoms with Gasteiger partial charge in [0.2, 0.25) is 0 Å². The van der Waals surface area contributed by atoms with Gasteiger partial charge in [0, 0.05) is 5.41 Å². The molecule has 0 N–H and O–H groups in total. The monoisotopic (exact) mass is 193 g/mol. The number of allylic oxidation sites excluding steroid dienone is 1. The number of nitrogens with zero attached hydrogens (tertiary/aromatic N) is 2. The van der Waals surface area contributed by atoms with Crippen LogP contribution in [0.4, 0.5) is 0 Å². The topological polar surface area (TPSA) is 24.7 Å². The Kier molecular flexibility index (Phi) is 2.38. The maximum absolute atomic E-state index is 4.31. The van der Waals surface area contributed by atoms with Gasteiger partial charge in [-0.25, -0.2) is 0 Å². The van der Waals surface area contributed by atoms with Gasteiger partial charge in [0.1, 0.15) is 5.54 Å². The third kappa shape index (κ3) is 1.89. The predicted molar refractivity (Wildman–Crippen MR) is 59.9 cm³/mol. The molecule has 1 rings (SSSR count). The van der Waals surface area contributed by atoms with Crippen molar-refractivity contribution in [3.63, 3.8) is 0 Å². The molecule has 0 spiro atoms. The SMILES string of the molecule is [CH2]C1(C(C)(C)C)C=C(C(C)(C)C)N=N1. The van der Waals surface area contributed by atoms with E-state index < -0.39 is 5.54 Å². The predicted octanol–water partition coefficient (Wildman–Crippen LogP) is 4.00. The van der Waals surface area contributed by atoms with Crippen LogP contribution in [-0.4, -0.2) is 5.54 Å². The van der Waals surface area contributed by atoms with Gasteiger partial charge in [-0.2, -0.15) is 10.2 Å². The standard InChI is InChI=1S/C12H21N2/c1-10(2,3)9-8-12(7,14-13-9)11(4,5)6/h8H,7H2,1-6H3. The van der Waals surface area contributed by atoms with Gasteiger partial charge in [-0.1, -0.05) is 41.5 Å². The lowest BCUT2D eigenvalue weighted by molar-refractivity contribution is 0.290. The molecule has 0 aromatic rings. The number of hydrogen-bond acceptors (Lipinski definition) is 2. The second kappa shape index (κ2) is 2.91. The van der Waals surface area contributed by atoms with Crippen LogP contribution in [0.5, 0.6) is 0 Å². The minimum Gasteiger partial charge on any atom is -0.177 e. The first-order valence-electron chi connectivity index (χ1n) is 5.08. The fourth-order valence-corrected chi connectivity index (χ4v) is 1.16. The van der Waals surface area contributed by atoms with Crippen molar-refractivity contribution >= 4 is 0 Å². The van der Waals surface area contributed by atoms with Crippen molar-refractivity contribution in [3.05, 3.63) is 18.7 Å². The molecule has 1 atom stereocenters. The summed E-state index contributed by atoms with van der Waals surface area (Å²) in [6.45, 7) is 17.0. The Morgan fingerprint density at radius 2 is 1.64 bits per heavy atom. The molecule has 2 heteroatoms. The largest absolute Gasteiger partial charge is 0.177 e. The molecular formula is C12H21N2. The number of rotatable bonds is 0. The van der Waals surface area contributed by atoms with Crippen molar-refractivity contribution in [2.75, 3.05) is 0 Å². The molecule has 0 fully saturated rings. The highest BCUT2D eigenvalue weighted by atomic mass is 15.2. The molecular weight excluding hydrogens is 172 g/mol. The van der Waals surface area contributed by atoms with Crippen LogP contribution in [0.15, 0.2) is 22.0 Å². The Morgan fingerprint density at radius 3 is 1.86 bits per heavy atom. The fraction of sp³-hybridized carbons (Fsp3) is 0.750. The Morgan fingerprint density at radius 1 is 1.14 bits per heavy atom. The van der Waals surface area contributed by atoms with Crippen molar-refractivity contribution in [1.82, 2.24) is 0 Å². The molecule has 2 nitrogen and oxygen atoms in total. The zero-order chi connectivity index (χ0) is 11.2. The van der Waals surface area contributed by atoms with Crippen LogP contribution in [0.2, 0.25) is 0 Å². The molecule has 1 radical (unpaired) electrons. The van der Waals surface area contributed by atoms with Crippen LogP contribution in [0.1, 0.15) is 41.5 Å². The zero-order valence-electron chi connectivity index (χ0n) is 10.2. The second-order valence-electron chi connectivity index (χ2n) is 6.15.